The molecule has 0 bridgehead atoms. The highest BCUT2D eigenvalue weighted by Crippen LogP contribution is 2.28. The van der Waals surface area contributed by atoms with Gasteiger partial charge in [0.2, 0.25) is 5.89 Å². The Kier molecular flexibility index (Phi) is 6.61. The highest BCUT2D eigenvalue weighted by molar-refractivity contribution is 7.99. The smallest absolute Gasteiger partial charge is 0.226 e. The Morgan fingerprint density at radius 1 is 1.31 bits per heavy atom. The van der Waals surface area contributed by atoms with E-state index in [1.807, 2.05) is 23.9 Å². The normalized spacial score (nSPS) is 20.3. The number of aryl methyl sites for hydroxylation is 1. The van der Waals surface area contributed by atoms with Gasteiger partial charge in [-0.3, -0.25) is 0 Å². The molecule has 1 heterocycles. The van der Waals surface area contributed by atoms with E-state index in [-0.39, 0.29) is 0 Å². The number of thioether (sulfide) groups is 1. The molecule has 0 amide bonds. The standard InChI is InChI=1S/C20H28N4OS/c1-4-21-20(24-16-9-10-18(11-16)26-3)22-12-17-13-25-19(23-17)15-7-5-14(2)6-8-15/h5-8,13,16,18H,4,9-12H2,1-3H3,(H2,21,22,24). The van der Waals surface area contributed by atoms with Gasteiger partial charge in [-0.15, -0.1) is 0 Å². The first-order chi connectivity index (χ1) is 12.7. The van der Waals surface area contributed by atoms with Crippen LogP contribution in [0.5, 0.6) is 0 Å². The third kappa shape index (κ3) is 5.04. The minimum Gasteiger partial charge on any atom is -0.444 e. The molecule has 1 aliphatic carbocycles. The van der Waals surface area contributed by atoms with Crippen molar-refractivity contribution in [3.05, 3.63) is 41.8 Å². The minimum absolute atomic E-state index is 0.503. The number of nitrogens with zero attached hydrogens (tertiary/aromatic N) is 2. The molecule has 2 atom stereocenters. The Morgan fingerprint density at radius 3 is 2.81 bits per heavy atom. The summed E-state index contributed by atoms with van der Waals surface area (Å²) in [5, 5.41) is 7.66. The predicted octanol–water partition coefficient (Wildman–Crippen LogP) is 3.99. The monoisotopic (exact) mass is 372 g/mol. The highest BCUT2D eigenvalue weighted by atomic mass is 32.2. The van der Waals surface area contributed by atoms with E-state index in [0.29, 0.717) is 18.5 Å². The second kappa shape index (κ2) is 9.12. The number of rotatable bonds is 6. The SMILES string of the molecule is CCNC(=NCc1coc(-c2ccc(C)cc2)n1)NC1CCC(SC)C1. The number of oxazole rings is 1. The fraction of sp³-hybridized carbons (Fsp3) is 0.500. The summed E-state index contributed by atoms with van der Waals surface area (Å²) < 4.78 is 5.62. The van der Waals surface area contributed by atoms with Gasteiger partial charge in [-0.05, 0) is 51.5 Å². The highest BCUT2D eigenvalue weighted by Gasteiger charge is 2.24. The van der Waals surface area contributed by atoms with Gasteiger partial charge in [0.05, 0.1) is 6.54 Å². The summed E-state index contributed by atoms with van der Waals surface area (Å²) in [6.07, 6.45) is 7.58. The van der Waals surface area contributed by atoms with Gasteiger partial charge in [0.15, 0.2) is 5.96 Å². The zero-order valence-electron chi connectivity index (χ0n) is 15.8. The fourth-order valence-corrected chi connectivity index (χ4v) is 3.96. The first-order valence-electron chi connectivity index (χ1n) is 9.27. The van der Waals surface area contributed by atoms with Crippen LogP contribution in [0.1, 0.15) is 37.4 Å². The lowest BCUT2D eigenvalue weighted by Gasteiger charge is -2.17. The molecule has 2 aromatic rings. The van der Waals surface area contributed by atoms with Crippen LogP contribution in [-0.2, 0) is 6.54 Å². The summed E-state index contributed by atoms with van der Waals surface area (Å²) >= 11 is 1.97. The molecular formula is C20H28N4OS. The third-order valence-electron chi connectivity index (χ3n) is 4.65. The van der Waals surface area contributed by atoms with Gasteiger partial charge < -0.3 is 15.1 Å². The van der Waals surface area contributed by atoms with Crippen LogP contribution in [0.4, 0.5) is 0 Å². The predicted molar refractivity (Wildman–Crippen MR) is 110 cm³/mol. The van der Waals surface area contributed by atoms with Crippen LogP contribution in [-0.4, -0.2) is 35.0 Å². The molecule has 1 fully saturated rings. The molecule has 1 aliphatic rings. The van der Waals surface area contributed by atoms with Crippen LogP contribution in [0, 0.1) is 6.92 Å². The quantitative estimate of drug-likeness (QED) is 0.593. The second-order valence-electron chi connectivity index (χ2n) is 6.72. The number of aromatic nitrogens is 1. The number of guanidine groups is 1. The Balaban J connectivity index is 1.61. The lowest BCUT2D eigenvalue weighted by atomic mass is 10.1. The fourth-order valence-electron chi connectivity index (χ4n) is 3.17. The van der Waals surface area contributed by atoms with Crippen molar-refractivity contribution in [2.75, 3.05) is 12.8 Å². The topological polar surface area (TPSA) is 62.5 Å². The van der Waals surface area contributed by atoms with Crippen molar-refractivity contribution in [1.29, 1.82) is 0 Å². The third-order valence-corrected chi connectivity index (χ3v) is 5.75. The molecule has 26 heavy (non-hydrogen) atoms. The van der Waals surface area contributed by atoms with Crippen LogP contribution < -0.4 is 10.6 Å². The lowest BCUT2D eigenvalue weighted by molar-refractivity contribution is 0.572. The van der Waals surface area contributed by atoms with Crippen LogP contribution in [0.25, 0.3) is 11.5 Å². The van der Waals surface area contributed by atoms with E-state index in [4.69, 9.17) is 4.42 Å². The summed E-state index contributed by atoms with van der Waals surface area (Å²) in [7, 11) is 0. The largest absolute Gasteiger partial charge is 0.444 e. The molecule has 0 spiro atoms. The first-order valence-corrected chi connectivity index (χ1v) is 10.6. The van der Waals surface area contributed by atoms with E-state index in [9.17, 15) is 0 Å². The van der Waals surface area contributed by atoms with E-state index in [0.717, 1.165) is 29.0 Å². The number of hydrogen-bond donors (Lipinski definition) is 2. The maximum absolute atomic E-state index is 5.62. The summed E-state index contributed by atoms with van der Waals surface area (Å²) in [4.78, 5) is 9.25. The van der Waals surface area contributed by atoms with E-state index in [2.05, 4.69) is 52.8 Å². The molecule has 5 nitrogen and oxygen atoms in total. The van der Waals surface area contributed by atoms with Crippen molar-refractivity contribution in [3.63, 3.8) is 0 Å². The summed E-state index contributed by atoms with van der Waals surface area (Å²) in [5.41, 5.74) is 3.05. The van der Waals surface area contributed by atoms with Crippen molar-refractivity contribution in [2.24, 2.45) is 4.99 Å². The maximum atomic E-state index is 5.62. The zero-order valence-corrected chi connectivity index (χ0v) is 16.6. The van der Waals surface area contributed by atoms with E-state index in [1.165, 1.54) is 24.8 Å². The van der Waals surface area contributed by atoms with Crippen molar-refractivity contribution in [1.82, 2.24) is 15.6 Å². The average molecular weight is 373 g/mol. The molecule has 0 radical (unpaired) electrons. The van der Waals surface area contributed by atoms with Gasteiger partial charge in [-0.1, -0.05) is 17.7 Å². The minimum atomic E-state index is 0.503. The van der Waals surface area contributed by atoms with E-state index < -0.39 is 0 Å². The molecule has 2 N–H and O–H groups in total. The number of aliphatic imine (C=N–C) groups is 1. The van der Waals surface area contributed by atoms with Gasteiger partial charge in [-0.25, -0.2) is 9.98 Å². The van der Waals surface area contributed by atoms with Crippen LogP contribution in [0.2, 0.25) is 0 Å². The maximum Gasteiger partial charge on any atom is 0.226 e. The van der Waals surface area contributed by atoms with Gasteiger partial charge in [0, 0.05) is 23.4 Å². The van der Waals surface area contributed by atoms with Gasteiger partial charge in [-0.2, -0.15) is 11.8 Å². The first kappa shape index (κ1) is 18.8. The molecule has 1 aromatic carbocycles. The van der Waals surface area contributed by atoms with Gasteiger partial charge in [0.25, 0.3) is 0 Å². The lowest BCUT2D eigenvalue weighted by Crippen LogP contribution is -2.42. The Hall–Kier alpha value is -1.95. The zero-order chi connectivity index (χ0) is 18.4. The molecule has 2 unspecified atom stereocenters. The van der Waals surface area contributed by atoms with Gasteiger partial charge in [0.1, 0.15) is 12.0 Å². The van der Waals surface area contributed by atoms with Crippen molar-refractivity contribution in [2.45, 2.75) is 50.9 Å². The molecule has 1 saturated carbocycles. The second-order valence-corrected chi connectivity index (χ2v) is 7.86. The Bertz CT molecular complexity index is 726. The van der Waals surface area contributed by atoms with Gasteiger partial charge >= 0.3 is 0 Å². The molecule has 0 aliphatic heterocycles. The Labute approximate surface area is 160 Å². The van der Waals surface area contributed by atoms with Crippen LogP contribution in [0.3, 0.4) is 0 Å². The number of nitrogens with one attached hydrogen (secondary N) is 2. The summed E-state index contributed by atoms with van der Waals surface area (Å²) in [6.45, 7) is 5.50. The Morgan fingerprint density at radius 2 is 2.12 bits per heavy atom. The molecule has 140 valence electrons. The summed E-state index contributed by atoms with van der Waals surface area (Å²) in [5.74, 6) is 1.51. The van der Waals surface area contributed by atoms with E-state index >= 15 is 0 Å². The number of hydrogen-bond acceptors (Lipinski definition) is 4. The summed E-state index contributed by atoms with van der Waals surface area (Å²) in [6, 6.07) is 8.69. The molecule has 6 heteroatoms. The average Bonchev–Trinajstić information content (AvgIpc) is 3.30. The van der Waals surface area contributed by atoms with Crippen LogP contribution >= 0.6 is 11.8 Å². The van der Waals surface area contributed by atoms with Crippen LogP contribution in [0.15, 0.2) is 39.9 Å². The van der Waals surface area contributed by atoms with Crippen molar-refractivity contribution < 1.29 is 4.42 Å². The molecular weight excluding hydrogens is 344 g/mol. The van der Waals surface area contributed by atoms with E-state index in [1.54, 1.807) is 6.26 Å². The molecule has 0 saturated heterocycles. The van der Waals surface area contributed by atoms with Crippen molar-refractivity contribution in [3.8, 4) is 11.5 Å². The number of benzene rings is 1. The van der Waals surface area contributed by atoms with Crippen molar-refractivity contribution >= 4 is 17.7 Å². The molecule has 1 aromatic heterocycles. The molecule has 3 rings (SSSR count).